The molecule has 3 nitrogen and oxygen atoms in total. The highest BCUT2D eigenvalue weighted by Gasteiger charge is 2.26. The van der Waals surface area contributed by atoms with E-state index in [1.165, 1.54) is 18.5 Å². The second-order valence-electron chi connectivity index (χ2n) is 4.82. The highest BCUT2D eigenvalue weighted by molar-refractivity contribution is 7.09. The lowest BCUT2D eigenvalue weighted by Gasteiger charge is -1.91. The van der Waals surface area contributed by atoms with Crippen molar-refractivity contribution in [2.24, 2.45) is 0 Å². The number of para-hydroxylation sites is 2. The molecule has 0 aliphatic heterocycles. The molecule has 0 atom stereocenters. The predicted octanol–water partition coefficient (Wildman–Crippen LogP) is 3.49. The van der Waals surface area contributed by atoms with Gasteiger partial charge in [0.05, 0.1) is 23.1 Å². The second kappa shape index (κ2) is 3.92. The molecule has 4 heteroatoms. The average molecular weight is 255 g/mol. The van der Waals surface area contributed by atoms with E-state index in [0.29, 0.717) is 0 Å². The molecule has 4 rings (SSSR count). The Labute approximate surface area is 109 Å². The quantitative estimate of drug-likeness (QED) is 0.778. The Bertz CT molecular complexity index is 661. The molecule has 90 valence electrons. The van der Waals surface area contributed by atoms with Gasteiger partial charge in [0.2, 0.25) is 0 Å². The van der Waals surface area contributed by atoms with Crippen LogP contribution < -0.4 is 0 Å². The van der Waals surface area contributed by atoms with Crippen molar-refractivity contribution in [3.05, 3.63) is 46.2 Å². The molecule has 3 aromatic rings. The lowest BCUT2D eigenvalue weighted by Crippen LogP contribution is -1.90. The summed E-state index contributed by atoms with van der Waals surface area (Å²) < 4.78 is 0. The number of hydrogen-bond acceptors (Lipinski definition) is 3. The molecule has 1 aliphatic carbocycles. The first-order chi connectivity index (χ1) is 8.88. The molecular formula is C14H13N3S. The number of imidazole rings is 1. The minimum Gasteiger partial charge on any atom is -0.342 e. The van der Waals surface area contributed by atoms with E-state index in [2.05, 4.69) is 21.4 Å². The first kappa shape index (κ1) is 10.3. The number of rotatable bonds is 3. The van der Waals surface area contributed by atoms with E-state index >= 15 is 0 Å². The van der Waals surface area contributed by atoms with Crippen LogP contribution in [0.2, 0.25) is 0 Å². The minimum absolute atomic E-state index is 0.741. The van der Waals surface area contributed by atoms with Gasteiger partial charge in [-0.2, -0.15) is 0 Å². The third-order valence-corrected chi connectivity index (χ3v) is 4.19. The number of aromatic nitrogens is 3. The number of benzene rings is 1. The van der Waals surface area contributed by atoms with Gasteiger partial charge in [0.15, 0.2) is 0 Å². The van der Waals surface area contributed by atoms with Gasteiger partial charge in [-0.1, -0.05) is 12.1 Å². The Hall–Kier alpha value is -1.68. The summed E-state index contributed by atoms with van der Waals surface area (Å²) in [4.78, 5) is 12.6. The van der Waals surface area contributed by atoms with Crippen molar-refractivity contribution in [2.75, 3.05) is 0 Å². The van der Waals surface area contributed by atoms with E-state index < -0.39 is 0 Å². The van der Waals surface area contributed by atoms with Crippen LogP contribution in [0.1, 0.15) is 35.3 Å². The van der Waals surface area contributed by atoms with Gasteiger partial charge in [-0.05, 0) is 25.0 Å². The Morgan fingerprint density at radius 2 is 2.11 bits per heavy atom. The number of fused-ring (bicyclic) bond motifs is 1. The summed E-state index contributed by atoms with van der Waals surface area (Å²) in [5.41, 5.74) is 3.42. The Morgan fingerprint density at radius 1 is 1.22 bits per heavy atom. The standard InChI is InChI=1S/C14H13N3S/c1-2-4-11-10(3-1)15-13(16-11)7-14-17-12(8-18-14)9-5-6-9/h1-4,8-9H,5-7H2,(H,15,16). The maximum Gasteiger partial charge on any atom is 0.114 e. The van der Waals surface area contributed by atoms with Crippen molar-refractivity contribution < 1.29 is 0 Å². The summed E-state index contributed by atoms with van der Waals surface area (Å²) in [5.74, 6) is 1.75. The van der Waals surface area contributed by atoms with E-state index in [9.17, 15) is 0 Å². The van der Waals surface area contributed by atoms with Crippen molar-refractivity contribution >= 4 is 22.4 Å². The van der Waals surface area contributed by atoms with Crippen molar-refractivity contribution in [3.8, 4) is 0 Å². The molecule has 0 saturated heterocycles. The van der Waals surface area contributed by atoms with Gasteiger partial charge < -0.3 is 4.98 Å². The molecule has 1 aromatic carbocycles. The summed E-state index contributed by atoms with van der Waals surface area (Å²) in [7, 11) is 0. The number of hydrogen-bond donors (Lipinski definition) is 1. The van der Waals surface area contributed by atoms with Gasteiger partial charge in [0.25, 0.3) is 0 Å². The van der Waals surface area contributed by atoms with E-state index in [1.807, 2.05) is 18.2 Å². The average Bonchev–Trinajstić information content (AvgIpc) is 2.99. The third kappa shape index (κ3) is 1.82. The maximum absolute atomic E-state index is 4.70. The number of aromatic amines is 1. The van der Waals surface area contributed by atoms with Crippen LogP contribution in [0, 0.1) is 0 Å². The first-order valence-electron chi connectivity index (χ1n) is 6.26. The highest BCUT2D eigenvalue weighted by Crippen LogP contribution is 2.40. The Morgan fingerprint density at radius 3 is 2.94 bits per heavy atom. The third-order valence-electron chi connectivity index (χ3n) is 3.32. The van der Waals surface area contributed by atoms with Crippen LogP contribution in [0.3, 0.4) is 0 Å². The van der Waals surface area contributed by atoms with E-state index in [1.54, 1.807) is 11.3 Å². The van der Waals surface area contributed by atoms with E-state index in [0.717, 1.165) is 34.2 Å². The second-order valence-corrected chi connectivity index (χ2v) is 5.76. The normalized spacial score (nSPS) is 15.3. The number of nitrogens with zero attached hydrogens (tertiary/aromatic N) is 2. The minimum atomic E-state index is 0.741. The Balaban J connectivity index is 1.62. The van der Waals surface area contributed by atoms with Crippen LogP contribution in [0.5, 0.6) is 0 Å². The largest absolute Gasteiger partial charge is 0.342 e. The van der Waals surface area contributed by atoms with Crippen molar-refractivity contribution in [1.29, 1.82) is 0 Å². The van der Waals surface area contributed by atoms with Crippen LogP contribution >= 0.6 is 11.3 Å². The molecule has 0 radical (unpaired) electrons. The van der Waals surface area contributed by atoms with Gasteiger partial charge in [0, 0.05) is 11.3 Å². The zero-order chi connectivity index (χ0) is 11.9. The number of H-pyrrole nitrogens is 1. The fourth-order valence-corrected chi connectivity index (χ4v) is 3.09. The molecule has 2 aromatic heterocycles. The molecule has 0 amide bonds. The summed E-state index contributed by atoms with van der Waals surface area (Å²) in [6, 6.07) is 8.14. The maximum atomic E-state index is 4.70. The van der Waals surface area contributed by atoms with Crippen LogP contribution in [0.25, 0.3) is 11.0 Å². The van der Waals surface area contributed by atoms with Crippen LogP contribution in [0.4, 0.5) is 0 Å². The molecule has 0 unspecified atom stereocenters. The first-order valence-corrected chi connectivity index (χ1v) is 7.14. The monoisotopic (exact) mass is 255 g/mol. The van der Waals surface area contributed by atoms with Gasteiger partial charge in [-0.15, -0.1) is 11.3 Å². The topological polar surface area (TPSA) is 41.6 Å². The van der Waals surface area contributed by atoms with Crippen molar-refractivity contribution in [1.82, 2.24) is 15.0 Å². The van der Waals surface area contributed by atoms with Gasteiger partial charge in [-0.25, -0.2) is 9.97 Å². The molecule has 1 saturated carbocycles. The molecular weight excluding hydrogens is 242 g/mol. The molecule has 1 fully saturated rings. The van der Waals surface area contributed by atoms with Gasteiger partial charge >= 0.3 is 0 Å². The van der Waals surface area contributed by atoms with Crippen LogP contribution in [-0.4, -0.2) is 15.0 Å². The fourth-order valence-electron chi connectivity index (χ4n) is 2.21. The van der Waals surface area contributed by atoms with Crippen LogP contribution in [0.15, 0.2) is 29.6 Å². The zero-order valence-electron chi connectivity index (χ0n) is 9.89. The molecule has 18 heavy (non-hydrogen) atoms. The summed E-state index contributed by atoms with van der Waals surface area (Å²) >= 11 is 1.75. The fraction of sp³-hybridized carbons (Fsp3) is 0.286. The van der Waals surface area contributed by atoms with Gasteiger partial charge in [-0.3, -0.25) is 0 Å². The highest BCUT2D eigenvalue weighted by atomic mass is 32.1. The van der Waals surface area contributed by atoms with E-state index in [4.69, 9.17) is 4.98 Å². The summed E-state index contributed by atoms with van der Waals surface area (Å²) in [6.07, 6.45) is 3.44. The SMILES string of the molecule is c1ccc2[nH]c(Cc3nc(C4CC4)cs3)nc2c1. The van der Waals surface area contributed by atoms with Crippen molar-refractivity contribution in [2.45, 2.75) is 25.2 Å². The molecule has 2 heterocycles. The number of nitrogens with one attached hydrogen (secondary N) is 1. The molecule has 0 spiro atoms. The summed E-state index contributed by atoms with van der Waals surface area (Å²) in [6.45, 7) is 0. The lowest BCUT2D eigenvalue weighted by molar-refractivity contribution is 0.972. The molecule has 1 aliphatic rings. The Kier molecular flexibility index (Phi) is 2.23. The van der Waals surface area contributed by atoms with Crippen molar-refractivity contribution in [3.63, 3.8) is 0 Å². The lowest BCUT2D eigenvalue weighted by atomic mass is 10.3. The smallest absolute Gasteiger partial charge is 0.114 e. The molecule has 0 bridgehead atoms. The zero-order valence-corrected chi connectivity index (χ0v) is 10.7. The van der Waals surface area contributed by atoms with E-state index in [-0.39, 0.29) is 0 Å². The van der Waals surface area contributed by atoms with Crippen LogP contribution in [-0.2, 0) is 6.42 Å². The predicted molar refractivity (Wildman–Crippen MR) is 73.0 cm³/mol. The molecule has 1 N–H and O–H groups in total. The number of thiazole rings is 1. The summed E-state index contributed by atoms with van der Waals surface area (Å²) in [5, 5.41) is 3.37. The van der Waals surface area contributed by atoms with Gasteiger partial charge in [0.1, 0.15) is 10.8 Å².